The molecule has 3 aromatic rings. The smallest absolute Gasteiger partial charge is 0.325 e. The van der Waals surface area contributed by atoms with Gasteiger partial charge in [0.15, 0.2) is 0 Å². The Bertz CT molecular complexity index is 1130. The number of aromatic nitrogens is 2. The summed E-state index contributed by atoms with van der Waals surface area (Å²) >= 11 is 0. The molecule has 0 fully saturated rings. The molecular weight excluding hydrogens is 332 g/mol. The average Bonchev–Trinajstić information content (AvgIpc) is 2.66. The Kier molecular flexibility index (Phi) is 4.67. The number of nitriles is 1. The van der Waals surface area contributed by atoms with Gasteiger partial charge < -0.3 is 5.32 Å². The van der Waals surface area contributed by atoms with E-state index >= 15 is 0 Å². The zero-order valence-electron chi connectivity index (χ0n) is 14.1. The molecule has 0 radical (unpaired) electrons. The second kappa shape index (κ2) is 7.07. The fourth-order valence-electron chi connectivity index (χ4n) is 2.77. The van der Waals surface area contributed by atoms with E-state index in [0.29, 0.717) is 22.2 Å². The van der Waals surface area contributed by atoms with Crippen LogP contribution in [0.2, 0.25) is 0 Å². The lowest BCUT2D eigenvalue weighted by Crippen LogP contribution is -2.41. The molecule has 2 aromatic carbocycles. The standard InChI is InChI=1S/C19H16N4O3/c1-2-22-18(25)15-5-3-4-6-16(15)23(19(22)26)12-17(24)21-14-9-7-13(11-20)8-10-14/h3-10H,2,12H2,1H3,(H,21,24). The Morgan fingerprint density at radius 1 is 1.08 bits per heavy atom. The van der Waals surface area contributed by atoms with Crippen molar-refractivity contribution in [3.8, 4) is 6.07 Å². The summed E-state index contributed by atoms with van der Waals surface area (Å²) in [5, 5.41) is 11.9. The molecule has 26 heavy (non-hydrogen) atoms. The molecule has 0 saturated carbocycles. The van der Waals surface area contributed by atoms with Crippen molar-refractivity contribution in [1.82, 2.24) is 9.13 Å². The number of para-hydroxylation sites is 1. The molecule has 0 spiro atoms. The molecule has 7 nitrogen and oxygen atoms in total. The normalized spacial score (nSPS) is 10.5. The van der Waals surface area contributed by atoms with Gasteiger partial charge in [0.25, 0.3) is 5.56 Å². The topological polar surface area (TPSA) is 96.9 Å². The summed E-state index contributed by atoms with van der Waals surface area (Å²) in [5.74, 6) is -0.400. The van der Waals surface area contributed by atoms with E-state index in [1.165, 1.54) is 4.57 Å². The lowest BCUT2D eigenvalue weighted by atomic mass is 10.2. The monoisotopic (exact) mass is 348 g/mol. The van der Waals surface area contributed by atoms with Crippen LogP contribution in [0.4, 0.5) is 5.69 Å². The summed E-state index contributed by atoms with van der Waals surface area (Å²) in [7, 11) is 0. The lowest BCUT2D eigenvalue weighted by molar-refractivity contribution is -0.116. The van der Waals surface area contributed by atoms with Crippen LogP contribution in [0.5, 0.6) is 0 Å². The summed E-state index contributed by atoms with van der Waals surface area (Å²) in [6, 6.07) is 15.1. The number of carbonyl (C=O) groups is 1. The Hall–Kier alpha value is -3.66. The first-order valence-electron chi connectivity index (χ1n) is 8.07. The van der Waals surface area contributed by atoms with E-state index in [2.05, 4.69) is 5.32 Å². The van der Waals surface area contributed by atoms with Crippen LogP contribution in [0.15, 0.2) is 58.1 Å². The van der Waals surface area contributed by atoms with Crippen molar-refractivity contribution in [1.29, 1.82) is 5.26 Å². The molecule has 1 N–H and O–H groups in total. The molecule has 0 bridgehead atoms. The first-order valence-corrected chi connectivity index (χ1v) is 8.07. The van der Waals surface area contributed by atoms with E-state index in [9.17, 15) is 14.4 Å². The number of hydrogen-bond acceptors (Lipinski definition) is 4. The summed E-state index contributed by atoms with van der Waals surface area (Å²) < 4.78 is 2.40. The number of benzene rings is 2. The van der Waals surface area contributed by atoms with E-state index in [4.69, 9.17) is 5.26 Å². The molecule has 0 saturated heterocycles. The second-order valence-electron chi connectivity index (χ2n) is 5.67. The van der Waals surface area contributed by atoms with E-state index in [1.54, 1.807) is 55.5 Å². The van der Waals surface area contributed by atoms with Crippen molar-refractivity contribution in [3.63, 3.8) is 0 Å². The third-order valence-electron chi connectivity index (χ3n) is 4.05. The third kappa shape index (κ3) is 3.13. The van der Waals surface area contributed by atoms with Gasteiger partial charge in [-0.2, -0.15) is 5.26 Å². The van der Waals surface area contributed by atoms with Crippen molar-refractivity contribution in [2.75, 3.05) is 5.32 Å². The minimum atomic E-state index is -0.522. The molecule has 7 heteroatoms. The highest BCUT2D eigenvalue weighted by Crippen LogP contribution is 2.10. The van der Waals surface area contributed by atoms with Crippen LogP contribution in [-0.2, 0) is 17.9 Å². The predicted molar refractivity (Wildman–Crippen MR) is 97.9 cm³/mol. The number of rotatable bonds is 4. The molecular formula is C19H16N4O3. The molecule has 3 rings (SSSR count). The molecule has 0 atom stereocenters. The minimum Gasteiger partial charge on any atom is -0.325 e. The van der Waals surface area contributed by atoms with Crippen LogP contribution in [0.25, 0.3) is 10.9 Å². The number of carbonyl (C=O) groups excluding carboxylic acids is 1. The molecule has 0 unspecified atom stereocenters. The molecule has 1 amide bonds. The van der Waals surface area contributed by atoms with Crippen molar-refractivity contribution >= 4 is 22.5 Å². The van der Waals surface area contributed by atoms with Crippen LogP contribution >= 0.6 is 0 Å². The minimum absolute atomic E-state index is 0.222. The number of fused-ring (bicyclic) bond motifs is 1. The van der Waals surface area contributed by atoms with Crippen LogP contribution in [-0.4, -0.2) is 15.0 Å². The summed E-state index contributed by atoms with van der Waals surface area (Å²) in [6.07, 6.45) is 0. The average molecular weight is 348 g/mol. The first-order chi connectivity index (χ1) is 12.5. The van der Waals surface area contributed by atoms with Gasteiger partial charge in [-0.15, -0.1) is 0 Å². The van der Waals surface area contributed by atoms with E-state index in [1.807, 2.05) is 6.07 Å². The maximum absolute atomic E-state index is 12.6. The maximum Gasteiger partial charge on any atom is 0.331 e. The Morgan fingerprint density at radius 2 is 1.77 bits per heavy atom. The van der Waals surface area contributed by atoms with Crippen molar-refractivity contribution in [2.45, 2.75) is 20.0 Å². The van der Waals surface area contributed by atoms with Gasteiger partial charge >= 0.3 is 5.69 Å². The van der Waals surface area contributed by atoms with Crippen LogP contribution in [0.3, 0.4) is 0 Å². The molecule has 1 heterocycles. The van der Waals surface area contributed by atoms with Crippen molar-refractivity contribution < 1.29 is 4.79 Å². The van der Waals surface area contributed by atoms with E-state index in [-0.39, 0.29) is 18.6 Å². The molecule has 130 valence electrons. The quantitative estimate of drug-likeness (QED) is 0.776. The zero-order valence-corrected chi connectivity index (χ0v) is 14.1. The van der Waals surface area contributed by atoms with Gasteiger partial charge in [0.05, 0.1) is 22.5 Å². The highest BCUT2D eigenvalue weighted by molar-refractivity contribution is 5.91. The number of amides is 1. The third-order valence-corrected chi connectivity index (χ3v) is 4.05. The number of anilines is 1. The Balaban J connectivity index is 1.97. The molecule has 0 aliphatic rings. The van der Waals surface area contributed by atoms with Crippen LogP contribution in [0, 0.1) is 11.3 Å². The summed E-state index contributed by atoms with van der Waals surface area (Å²) in [6.45, 7) is 1.71. The summed E-state index contributed by atoms with van der Waals surface area (Å²) in [4.78, 5) is 37.4. The predicted octanol–water partition coefficient (Wildman–Crippen LogP) is 1.69. The number of nitrogens with one attached hydrogen (secondary N) is 1. The highest BCUT2D eigenvalue weighted by atomic mass is 16.2. The molecule has 0 aliphatic heterocycles. The molecule has 0 aliphatic carbocycles. The van der Waals surface area contributed by atoms with Gasteiger partial charge in [-0.1, -0.05) is 12.1 Å². The van der Waals surface area contributed by atoms with Gasteiger partial charge in [-0.25, -0.2) is 4.79 Å². The fourth-order valence-corrected chi connectivity index (χ4v) is 2.77. The fraction of sp³-hybridized carbons (Fsp3) is 0.158. The Labute approximate surface area is 148 Å². The van der Waals surface area contributed by atoms with Gasteiger partial charge in [-0.3, -0.25) is 18.7 Å². The molecule has 1 aromatic heterocycles. The number of nitrogens with zero attached hydrogens (tertiary/aromatic N) is 3. The largest absolute Gasteiger partial charge is 0.331 e. The van der Waals surface area contributed by atoms with Crippen LogP contribution in [0.1, 0.15) is 12.5 Å². The highest BCUT2D eigenvalue weighted by Gasteiger charge is 2.14. The SMILES string of the molecule is CCn1c(=O)c2ccccc2n(CC(=O)Nc2ccc(C#N)cc2)c1=O. The summed E-state index contributed by atoms with van der Waals surface area (Å²) in [5.41, 5.74) is 0.542. The van der Waals surface area contributed by atoms with Crippen molar-refractivity contribution in [3.05, 3.63) is 74.9 Å². The van der Waals surface area contributed by atoms with E-state index < -0.39 is 11.6 Å². The van der Waals surface area contributed by atoms with Crippen LogP contribution < -0.4 is 16.6 Å². The Morgan fingerprint density at radius 3 is 2.42 bits per heavy atom. The van der Waals surface area contributed by atoms with Gasteiger partial charge in [0.1, 0.15) is 6.54 Å². The first kappa shape index (κ1) is 17.2. The van der Waals surface area contributed by atoms with Gasteiger partial charge in [0, 0.05) is 12.2 Å². The number of hydrogen-bond donors (Lipinski definition) is 1. The van der Waals surface area contributed by atoms with E-state index in [0.717, 1.165) is 4.57 Å². The van der Waals surface area contributed by atoms with Gasteiger partial charge in [-0.05, 0) is 43.3 Å². The van der Waals surface area contributed by atoms with Gasteiger partial charge in [0.2, 0.25) is 5.91 Å². The van der Waals surface area contributed by atoms with Crippen molar-refractivity contribution in [2.24, 2.45) is 0 Å². The second-order valence-corrected chi connectivity index (χ2v) is 5.67. The maximum atomic E-state index is 12.6. The lowest BCUT2D eigenvalue weighted by Gasteiger charge is -2.13. The zero-order chi connectivity index (χ0) is 18.7.